The van der Waals surface area contributed by atoms with Gasteiger partial charge in [0.2, 0.25) is 0 Å². The van der Waals surface area contributed by atoms with Gasteiger partial charge in [0, 0.05) is 7.11 Å². The van der Waals surface area contributed by atoms with Gasteiger partial charge in [0.1, 0.15) is 11.6 Å². The Labute approximate surface area is 96.2 Å². The fourth-order valence-corrected chi connectivity index (χ4v) is 1.09. The minimum atomic E-state index is -1.02. The standard InChI is InChI=1S/C11H21NO4/c1-6-7(2)8(9(13)14)12-10(15)11(3,4)16-5/h7-8H,6H2,1-5H3,(H,12,15)(H,13,14)/t7-,8-/m0/s1. The highest BCUT2D eigenvalue weighted by Gasteiger charge is 2.33. The predicted molar refractivity (Wildman–Crippen MR) is 60.1 cm³/mol. The molecule has 0 aliphatic carbocycles. The maximum atomic E-state index is 11.7. The number of rotatable bonds is 6. The molecule has 5 heteroatoms. The van der Waals surface area contributed by atoms with Gasteiger partial charge in [0.05, 0.1) is 0 Å². The molecule has 0 bridgehead atoms. The van der Waals surface area contributed by atoms with Gasteiger partial charge in [-0.2, -0.15) is 0 Å². The van der Waals surface area contributed by atoms with Crippen molar-refractivity contribution in [2.75, 3.05) is 7.11 Å². The summed E-state index contributed by atoms with van der Waals surface area (Å²) in [6.45, 7) is 6.86. The van der Waals surface area contributed by atoms with Crippen LogP contribution in [-0.2, 0) is 14.3 Å². The van der Waals surface area contributed by atoms with Crippen molar-refractivity contribution in [3.63, 3.8) is 0 Å². The highest BCUT2D eigenvalue weighted by atomic mass is 16.5. The molecular weight excluding hydrogens is 210 g/mol. The van der Waals surface area contributed by atoms with Crippen LogP contribution < -0.4 is 5.32 Å². The lowest BCUT2D eigenvalue weighted by molar-refractivity contribution is -0.148. The number of amides is 1. The number of carboxylic acid groups (broad SMARTS) is 1. The summed E-state index contributed by atoms with van der Waals surface area (Å²) >= 11 is 0. The second-order valence-corrected chi connectivity index (χ2v) is 4.39. The summed E-state index contributed by atoms with van der Waals surface area (Å²) in [5.74, 6) is -1.55. The summed E-state index contributed by atoms with van der Waals surface area (Å²) in [5, 5.41) is 11.5. The zero-order valence-electron chi connectivity index (χ0n) is 10.5. The van der Waals surface area contributed by atoms with Gasteiger partial charge >= 0.3 is 5.97 Å². The van der Waals surface area contributed by atoms with Crippen LogP contribution in [-0.4, -0.2) is 35.7 Å². The van der Waals surface area contributed by atoms with E-state index in [1.165, 1.54) is 7.11 Å². The first-order chi connectivity index (χ1) is 7.26. The summed E-state index contributed by atoms with van der Waals surface area (Å²) in [5.41, 5.74) is -1.01. The van der Waals surface area contributed by atoms with Crippen LogP contribution in [0.3, 0.4) is 0 Å². The molecule has 0 aliphatic rings. The lowest BCUT2D eigenvalue weighted by Gasteiger charge is -2.26. The first-order valence-corrected chi connectivity index (χ1v) is 5.35. The van der Waals surface area contributed by atoms with E-state index in [1.807, 2.05) is 6.92 Å². The fraction of sp³-hybridized carbons (Fsp3) is 0.818. The van der Waals surface area contributed by atoms with Crippen LogP contribution in [0, 0.1) is 5.92 Å². The van der Waals surface area contributed by atoms with Gasteiger partial charge in [-0.05, 0) is 19.8 Å². The molecule has 0 rings (SSSR count). The minimum absolute atomic E-state index is 0.117. The lowest BCUT2D eigenvalue weighted by atomic mass is 9.98. The summed E-state index contributed by atoms with van der Waals surface area (Å²) in [6, 6.07) is -0.869. The molecule has 0 unspecified atom stereocenters. The van der Waals surface area contributed by atoms with E-state index < -0.39 is 23.5 Å². The molecule has 0 saturated heterocycles. The van der Waals surface area contributed by atoms with Gasteiger partial charge in [0.25, 0.3) is 5.91 Å². The minimum Gasteiger partial charge on any atom is -0.480 e. The van der Waals surface area contributed by atoms with Crippen molar-refractivity contribution < 1.29 is 19.4 Å². The number of nitrogens with one attached hydrogen (secondary N) is 1. The monoisotopic (exact) mass is 231 g/mol. The van der Waals surface area contributed by atoms with Crippen molar-refractivity contribution in [2.45, 2.75) is 45.8 Å². The predicted octanol–water partition coefficient (Wildman–Crippen LogP) is 1.03. The third-order valence-electron chi connectivity index (χ3n) is 2.82. The Morgan fingerprint density at radius 3 is 2.25 bits per heavy atom. The molecule has 94 valence electrons. The highest BCUT2D eigenvalue weighted by molar-refractivity contribution is 5.88. The third-order valence-corrected chi connectivity index (χ3v) is 2.82. The highest BCUT2D eigenvalue weighted by Crippen LogP contribution is 2.12. The average Bonchev–Trinajstić information content (AvgIpc) is 2.23. The third kappa shape index (κ3) is 3.81. The Kier molecular flexibility index (Phi) is 5.44. The molecule has 0 radical (unpaired) electrons. The summed E-state index contributed by atoms with van der Waals surface area (Å²) < 4.78 is 4.99. The normalized spacial score (nSPS) is 15.3. The molecule has 16 heavy (non-hydrogen) atoms. The van der Waals surface area contributed by atoms with E-state index in [0.717, 1.165) is 0 Å². The Balaban J connectivity index is 4.65. The topological polar surface area (TPSA) is 75.6 Å². The molecule has 1 amide bonds. The maximum Gasteiger partial charge on any atom is 0.326 e. The molecular formula is C11H21NO4. The summed E-state index contributed by atoms with van der Waals surface area (Å²) in [4.78, 5) is 22.7. The Morgan fingerprint density at radius 2 is 1.94 bits per heavy atom. The zero-order chi connectivity index (χ0) is 12.9. The lowest BCUT2D eigenvalue weighted by Crippen LogP contribution is -2.52. The van der Waals surface area contributed by atoms with E-state index in [1.54, 1.807) is 20.8 Å². The molecule has 0 aliphatic heterocycles. The SMILES string of the molecule is CC[C@H](C)[C@H](NC(=O)C(C)(C)OC)C(=O)O. The van der Waals surface area contributed by atoms with Gasteiger partial charge in [-0.15, -0.1) is 0 Å². The molecule has 0 aromatic heterocycles. The zero-order valence-corrected chi connectivity index (χ0v) is 10.5. The first-order valence-electron chi connectivity index (χ1n) is 5.35. The van der Waals surface area contributed by atoms with Gasteiger partial charge in [-0.3, -0.25) is 4.79 Å². The number of hydrogen-bond acceptors (Lipinski definition) is 3. The second kappa shape index (κ2) is 5.84. The van der Waals surface area contributed by atoms with Crippen LogP contribution in [0.1, 0.15) is 34.1 Å². The number of methoxy groups -OCH3 is 1. The van der Waals surface area contributed by atoms with Gasteiger partial charge in [0.15, 0.2) is 0 Å². The molecule has 0 saturated carbocycles. The van der Waals surface area contributed by atoms with Crippen molar-refractivity contribution >= 4 is 11.9 Å². The van der Waals surface area contributed by atoms with Crippen molar-refractivity contribution in [3.8, 4) is 0 Å². The van der Waals surface area contributed by atoms with Crippen LogP contribution in [0.4, 0.5) is 0 Å². The Bertz CT molecular complexity index is 263. The summed E-state index contributed by atoms with van der Waals surface area (Å²) in [7, 11) is 1.42. The van der Waals surface area contributed by atoms with E-state index >= 15 is 0 Å². The molecule has 0 spiro atoms. The number of hydrogen-bond donors (Lipinski definition) is 2. The van der Waals surface area contributed by atoms with E-state index in [4.69, 9.17) is 9.84 Å². The van der Waals surface area contributed by atoms with Gasteiger partial charge in [-0.25, -0.2) is 4.79 Å². The fourth-order valence-electron chi connectivity index (χ4n) is 1.09. The van der Waals surface area contributed by atoms with Crippen molar-refractivity contribution in [2.24, 2.45) is 5.92 Å². The van der Waals surface area contributed by atoms with Crippen LogP contribution in [0.15, 0.2) is 0 Å². The molecule has 0 aromatic carbocycles. The second-order valence-electron chi connectivity index (χ2n) is 4.39. The van der Waals surface area contributed by atoms with Crippen LogP contribution in [0.2, 0.25) is 0 Å². The molecule has 5 nitrogen and oxygen atoms in total. The van der Waals surface area contributed by atoms with E-state index in [-0.39, 0.29) is 5.92 Å². The number of carboxylic acids is 1. The molecule has 2 N–H and O–H groups in total. The summed E-state index contributed by atoms with van der Waals surface area (Å²) in [6.07, 6.45) is 0.685. The largest absolute Gasteiger partial charge is 0.480 e. The Morgan fingerprint density at radius 1 is 1.44 bits per heavy atom. The number of carbonyl (C=O) groups is 2. The number of aliphatic carboxylic acids is 1. The van der Waals surface area contributed by atoms with Gasteiger partial charge in [-0.1, -0.05) is 20.3 Å². The van der Waals surface area contributed by atoms with Crippen molar-refractivity contribution in [1.82, 2.24) is 5.32 Å². The van der Waals surface area contributed by atoms with Gasteiger partial charge < -0.3 is 15.2 Å². The first kappa shape index (κ1) is 14.9. The van der Waals surface area contributed by atoms with Crippen LogP contribution in [0.5, 0.6) is 0 Å². The smallest absolute Gasteiger partial charge is 0.326 e. The quantitative estimate of drug-likeness (QED) is 0.715. The van der Waals surface area contributed by atoms with Crippen LogP contribution >= 0.6 is 0 Å². The van der Waals surface area contributed by atoms with Crippen LogP contribution in [0.25, 0.3) is 0 Å². The molecule has 0 heterocycles. The Hall–Kier alpha value is -1.10. The van der Waals surface area contributed by atoms with E-state index in [2.05, 4.69) is 5.32 Å². The number of carbonyl (C=O) groups excluding carboxylic acids is 1. The molecule has 0 fully saturated rings. The average molecular weight is 231 g/mol. The van der Waals surface area contributed by atoms with E-state index in [9.17, 15) is 9.59 Å². The van der Waals surface area contributed by atoms with Crippen molar-refractivity contribution in [3.05, 3.63) is 0 Å². The number of ether oxygens (including phenoxy) is 1. The molecule has 2 atom stereocenters. The van der Waals surface area contributed by atoms with E-state index in [0.29, 0.717) is 6.42 Å². The van der Waals surface area contributed by atoms with Crippen molar-refractivity contribution in [1.29, 1.82) is 0 Å². The molecule has 0 aromatic rings. The maximum absolute atomic E-state index is 11.7.